The number of carbonyl (C=O) groups excluding carboxylic acids is 1. The molecule has 5 unspecified atom stereocenters. The molecule has 0 spiro atoms. The van der Waals surface area contributed by atoms with E-state index in [1.165, 1.54) is 7.11 Å². The van der Waals surface area contributed by atoms with Gasteiger partial charge in [0, 0.05) is 6.42 Å². The molecule has 5 atom stereocenters. The molecular weight excluding hydrogens is 545 g/mol. The smallest absolute Gasteiger partial charge is 0.305 e. The highest BCUT2D eigenvalue weighted by Gasteiger charge is 2.51. The number of esters is 1. The first kappa shape index (κ1) is 36.2. The topological polar surface area (TPSA) is 65.0 Å². The number of benzene rings is 1. The van der Waals surface area contributed by atoms with Crippen molar-refractivity contribution in [2.45, 2.75) is 154 Å². The van der Waals surface area contributed by atoms with Crippen LogP contribution in [0.4, 0.5) is 0 Å². The number of ether oxygens (including phenoxy) is 1. The molecule has 1 aliphatic carbocycles. The van der Waals surface area contributed by atoms with Crippen LogP contribution in [0.3, 0.4) is 0 Å². The van der Waals surface area contributed by atoms with Crippen LogP contribution in [0.1, 0.15) is 111 Å². The fraction of sp³-hybridized carbons (Fsp3) is 0.794. The lowest BCUT2D eigenvalue weighted by Gasteiger charge is -2.40. The number of hydrogen-bond acceptors (Lipinski definition) is 5. The van der Waals surface area contributed by atoms with Crippen LogP contribution in [-0.2, 0) is 18.4 Å². The SMILES string of the molecule is COC(=O)CCCCCCC1C(O[Si](C)(C)C(C)(C)C)CC(O[Si](C)(C)C(C)(C)C)C1CCC(O)c1ccccc1. The maximum atomic E-state index is 11.5. The summed E-state index contributed by atoms with van der Waals surface area (Å²) in [4.78, 5) is 11.5. The zero-order valence-electron chi connectivity index (χ0n) is 28.2. The third-order valence-electron chi connectivity index (χ3n) is 10.3. The highest BCUT2D eigenvalue weighted by atomic mass is 28.4. The molecule has 2 rings (SSSR count). The van der Waals surface area contributed by atoms with E-state index in [0.29, 0.717) is 18.3 Å². The van der Waals surface area contributed by atoms with Gasteiger partial charge in [-0.05, 0) is 85.8 Å². The molecule has 0 amide bonds. The van der Waals surface area contributed by atoms with Gasteiger partial charge < -0.3 is 18.7 Å². The zero-order valence-corrected chi connectivity index (χ0v) is 30.2. The van der Waals surface area contributed by atoms with Gasteiger partial charge in [-0.25, -0.2) is 0 Å². The van der Waals surface area contributed by atoms with Gasteiger partial charge in [0.25, 0.3) is 0 Å². The average Bonchev–Trinajstić information content (AvgIpc) is 3.17. The number of methoxy groups -OCH3 is 1. The van der Waals surface area contributed by atoms with Crippen molar-refractivity contribution in [2.75, 3.05) is 7.11 Å². The molecule has 1 aliphatic rings. The van der Waals surface area contributed by atoms with Gasteiger partial charge in [0.15, 0.2) is 16.6 Å². The van der Waals surface area contributed by atoms with Crippen LogP contribution in [-0.4, -0.2) is 47.0 Å². The molecule has 1 saturated carbocycles. The van der Waals surface area contributed by atoms with Gasteiger partial charge in [-0.15, -0.1) is 0 Å². The molecule has 7 heteroatoms. The summed E-state index contributed by atoms with van der Waals surface area (Å²) in [5.74, 6) is 0.640. The van der Waals surface area contributed by atoms with Crippen molar-refractivity contribution >= 4 is 22.6 Å². The molecule has 0 bridgehead atoms. The summed E-state index contributed by atoms with van der Waals surface area (Å²) in [6.45, 7) is 23.4. The second-order valence-electron chi connectivity index (χ2n) is 15.4. The summed E-state index contributed by atoms with van der Waals surface area (Å²) >= 11 is 0. The Labute approximate surface area is 254 Å². The van der Waals surface area contributed by atoms with Crippen molar-refractivity contribution in [1.82, 2.24) is 0 Å². The standard InChI is InChI=1S/C34H62O5Si2/c1-33(2,3)40(8,9)38-30-25-31(39-41(10,11)34(4,5)6)28(23-24-29(35)26-19-15-14-16-20-26)27(30)21-17-12-13-18-22-32(36)37-7/h14-16,19-20,27-31,35H,12-13,17-18,21-25H2,1-11H3. The molecule has 0 saturated heterocycles. The predicted molar refractivity (Wildman–Crippen MR) is 176 cm³/mol. The Kier molecular flexibility index (Phi) is 13.4. The van der Waals surface area contributed by atoms with Crippen LogP contribution in [0, 0.1) is 11.8 Å². The predicted octanol–water partition coefficient (Wildman–Crippen LogP) is 9.43. The Balaban J connectivity index is 2.29. The van der Waals surface area contributed by atoms with Crippen molar-refractivity contribution in [2.24, 2.45) is 11.8 Å². The third kappa shape index (κ3) is 10.6. The highest BCUT2D eigenvalue weighted by Crippen LogP contribution is 2.49. The van der Waals surface area contributed by atoms with Gasteiger partial charge in [0.2, 0.25) is 0 Å². The molecule has 0 aliphatic heterocycles. The van der Waals surface area contributed by atoms with E-state index in [1.807, 2.05) is 30.3 Å². The molecule has 0 aromatic heterocycles. The van der Waals surface area contributed by atoms with E-state index in [1.54, 1.807) is 0 Å². The fourth-order valence-corrected chi connectivity index (χ4v) is 8.37. The number of aliphatic hydroxyl groups excluding tert-OH is 1. The summed E-state index contributed by atoms with van der Waals surface area (Å²) in [6.07, 6.45) is 8.21. The van der Waals surface area contributed by atoms with Crippen molar-refractivity contribution in [3.8, 4) is 0 Å². The molecular formula is C34H62O5Si2. The molecule has 5 nitrogen and oxygen atoms in total. The Morgan fingerprint density at radius 2 is 1.32 bits per heavy atom. The monoisotopic (exact) mass is 606 g/mol. The molecule has 1 aromatic rings. The maximum absolute atomic E-state index is 11.5. The second-order valence-corrected chi connectivity index (χ2v) is 24.9. The first-order valence-corrected chi connectivity index (χ1v) is 21.9. The van der Waals surface area contributed by atoms with E-state index < -0.39 is 22.7 Å². The highest BCUT2D eigenvalue weighted by molar-refractivity contribution is 6.74. The van der Waals surface area contributed by atoms with Crippen LogP contribution >= 0.6 is 0 Å². The van der Waals surface area contributed by atoms with Crippen molar-refractivity contribution in [3.05, 3.63) is 35.9 Å². The molecule has 0 heterocycles. The quantitative estimate of drug-likeness (QED) is 0.122. The van der Waals surface area contributed by atoms with E-state index in [4.69, 9.17) is 13.6 Å². The van der Waals surface area contributed by atoms with Crippen molar-refractivity contribution < 1.29 is 23.5 Å². The third-order valence-corrected chi connectivity index (χ3v) is 19.3. The zero-order chi connectivity index (χ0) is 31.1. The number of unbranched alkanes of at least 4 members (excludes halogenated alkanes) is 3. The summed E-state index contributed by atoms with van der Waals surface area (Å²) in [5, 5.41) is 11.4. The first-order chi connectivity index (χ1) is 18.9. The van der Waals surface area contributed by atoms with Gasteiger partial charge in [-0.2, -0.15) is 0 Å². The van der Waals surface area contributed by atoms with Crippen LogP contribution in [0.25, 0.3) is 0 Å². The van der Waals surface area contributed by atoms with Gasteiger partial charge in [0.1, 0.15) is 0 Å². The van der Waals surface area contributed by atoms with Crippen LogP contribution in [0.15, 0.2) is 30.3 Å². The number of hydrogen-bond donors (Lipinski definition) is 1. The lowest BCUT2D eigenvalue weighted by atomic mass is 9.84. The first-order valence-electron chi connectivity index (χ1n) is 16.0. The van der Waals surface area contributed by atoms with E-state index in [-0.39, 0.29) is 28.3 Å². The number of carbonyl (C=O) groups is 1. The Bertz CT molecular complexity index is 919. The van der Waals surface area contributed by atoms with Crippen LogP contribution in [0.5, 0.6) is 0 Å². The number of aliphatic hydroxyl groups is 1. The summed E-state index contributed by atoms with van der Waals surface area (Å²) in [5.41, 5.74) is 0.989. The molecule has 1 aromatic carbocycles. The minimum atomic E-state index is -2.00. The molecule has 1 fully saturated rings. The molecule has 0 radical (unpaired) electrons. The van der Waals surface area contributed by atoms with Gasteiger partial charge in [0.05, 0.1) is 25.4 Å². The minimum absolute atomic E-state index is 0.119. The molecule has 236 valence electrons. The molecule has 41 heavy (non-hydrogen) atoms. The normalized spacial score (nSPS) is 23.0. The Morgan fingerprint density at radius 1 is 0.829 bits per heavy atom. The van der Waals surface area contributed by atoms with Crippen LogP contribution in [0.2, 0.25) is 36.3 Å². The van der Waals surface area contributed by atoms with Crippen molar-refractivity contribution in [1.29, 1.82) is 0 Å². The summed E-state index contributed by atoms with van der Waals surface area (Å²) in [6, 6.07) is 10.1. The Hall–Kier alpha value is -0.996. The Morgan fingerprint density at radius 3 is 1.80 bits per heavy atom. The summed E-state index contributed by atoms with van der Waals surface area (Å²) < 4.78 is 19.2. The van der Waals surface area contributed by atoms with Gasteiger partial charge in [-0.1, -0.05) is 91.1 Å². The van der Waals surface area contributed by atoms with Crippen molar-refractivity contribution in [3.63, 3.8) is 0 Å². The number of rotatable bonds is 15. The van der Waals surface area contributed by atoms with Gasteiger partial charge in [-0.3, -0.25) is 4.79 Å². The van der Waals surface area contributed by atoms with E-state index in [9.17, 15) is 9.90 Å². The largest absolute Gasteiger partial charge is 0.469 e. The summed E-state index contributed by atoms with van der Waals surface area (Å²) in [7, 11) is -2.53. The lowest BCUT2D eigenvalue weighted by Crippen LogP contribution is -2.45. The second kappa shape index (κ2) is 15.1. The van der Waals surface area contributed by atoms with Crippen LogP contribution < -0.4 is 0 Å². The van der Waals surface area contributed by atoms with E-state index in [2.05, 4.69) is 67.7 Å². The average molecular weight is 607 g/mol. The minimum Gasteiger partial charge on any atom is -0.469 e. The molecule has 1 N–H and O–H groups in total. The maximum Gasteiger partial charge on any atom is 0.305 e. The lowest BCUT2D eigenvalue weighted by molar-refractivity contribution is -0.140. The fourth-order valence-electron chi connectivity index (χ4n) is 5.61. The van der Waals surface area contributed by atoms with E-state index >= 15 is 0 Å². The van der Waals surface area contributed by atoms with Gasteiger partial charge >= 0.3 is 5.97 Å². The van der Waals surface area contributed by atoms with E-state index in [0.717, 1.165) is 56.9 Å².